The number of hydrogen-bond donors (Lipinski definition) is 0. The third-order valence-electron chi connectivity index (χ3n) is 2.32. The predicted octanol–water partition coefficient (Wildman–Crippen LogP) is 0.853. The summed E-state index contributed by atoms with van der Waals surface area (Å²) in [6, 6.07) is 2.29. The first-order valence-corrected chi connectivity index (χ1v) is 4.12. The van der Waals surface area contributed by atoms with Crippen molar-refractivity contribution >= 4 is 0 Å². The second-order valence-corrected chi connectivity index (χ2v) is 3.15. The van der Waals surface area contributed by atoms with E-state index in [0.29, 0.717) is 0 Å². The lowest BCUT2D eigenvalue weighted by atomic mass is 10.1. The van der Waals surface area contributed by atoms with Gasteiger partial charge in [0.05, 0.1) is 12.3 Å². The molecule has 1 aliphatic carbocycles. The minimum absolute atomic E-state index is 0.284. The summed E-state index contributed by atoms with van der Waals surface area (Å²) >= 11 is 0. The van der Waals surface area contributed by atoms with Crippen LogP contribution in [0.5, 0.6) is 0 Å². The van der Waals surface area contributed by atoms with Gasteiger partial charge in [0.1, 0.15) is 11.1 Å². The summed E-state index contributed by atoms with van der Waals surface area (Å²) in [6.45, 7) is 2.82. The van der Waals surface area contributed by atoms with Crippen LogP contribution in [-0.2, 0) is 12.0 Å². The third kappa shape index (κ3) is 0.900. The van der Waals surface area contributed by atoms with E-state index in [-0.39, 0.29) is 5.41 Å². The molecule has 12 heavy (non-hydrogen) atoms. The monoisotopic (exact) mass is 162 g/mol. The van der Waals surface area contributed by atoms with Gasteiger partial charge in [-0.1, -0.05) is 5.21 Å². The Balaban J connectivity index is 2.30. The van der Waals surface area contributed by atoms with Crippen LogP contribution in [0.3, 0.4) is 0 Å². The summed E-state index contributed by atoms with van der Waals surface area (Å²) in [5.74, 6) is 0. The zero-order valence-corrected chi connectivity index (χ0v) is 6.99. The van der Waals surface area contributed by atoms with E-state index >= 15 is 0 Å². The van der Waals surface area contributed by atoms with Crippen molar-refractivity contribution in [2.75, 3.05) is 0 Å². The molecule has 0 amide bonds. The van der Waals surface area contributed by atoms with Gasteiger partial charge in [-0.3, -0.25) is 4.68 Å². The second kappa shape index (κ2) is 2.31. The Morgan fingerprint density at radius 1 is 1.75 bits per heavy atom. The fourth-order valence-corrected chi connectivity index (χ4v) is 1.22. The molecule has 4 nitrogen and oxygen atoms in total. The molecule has 0 bridgehead atoms. The Morgan fingerprint density at radius 3 is 2.92 bits per heavy atom. The van der Waals surface area contributed by atoms with Crippen LogP contribution in [0.4, 0.5) is 0 Å². The highest BCUT2D eigenvalue weighted by molar-refractivity contribution is 5.31. The average molecular weight is 162 g/mol. The van der Waals surface area contributed by atoms with E-state index in [9.17, 15) is 0 Å². The van der Waals surface area contributed by atoms with Crippen molar-refractivity contribution in [1.82, 2.24) is 15.0 Å². The SMILES string of the molecule is CCn1cc(C2(C#N)CC2)nn1. The quantitative estimate of drug-likeness (QED) is 0.647. The second-order valence-electron chi connectivity index (χ2n) is 3.15. The summed E-state index contributed by atoms with van der Waals surface area (Å²) in [5, 5.41) is 16.8. The van der Waals surface area contributed by atoms with Gasteiger partial charge in [-0.15, -0.1) is 5.10 Å². The van der Waals surface area contributed by atoms with Crippen molar-refractivity contribution in [3.63, 3.8) is 0 Å². The maximum absolute atomic E-state index is 8.86. The number of rotatable bonds is 2. The Bertz CT molecular complexity index is 329. The molecule has 62 valence electrons. The van der Waals surface area contributed by atoms with Gasteiger partial charge >= 0.3 is 0 Å². The molecule has 0 saturated heterocycles. The summed E-state index contributed by atoms with van der Waals surface area (Å²) < 4.78 is 1.76. The van der Waals surface area contributed by atoms with Crippen LogP contribution in [0.15, 0.2) is 6.20 Å². The van der Waals surface area contributed by atoms with Crippen molar-refractivity contribution in [1.29, 1.82) is 5.26 Å². The highest BCUT2D eigenvalue weighted by Crippen LogP contribution is 2.46. The van der Waals surface area contributed by atoms with Gasteiger partial charge in [-0.25, -0.2) is 0 Å². The largest absolute Gasteiger partial charge is 0.253 e. The molecule has 1 aromatic rings. The van der Waals surface area contributed by atoms with Gasteiger partial charge in [0.2, 0.25) is 0 Å². The fraction of sp³-hybridized carbons (Fsp3) is 0.625. The zero-order valence-electron chi connectivity index (χ0n) is 6.99. The molecule has 2 rings (SSSR count). The van der Waals surface area contributed by atoms with Crippen LogP contribution in [0.1, 0.15) is 25.5 Å². The summed E-state index contributed by atoms with van der Waals surface area (Å²) in [6.07, 6.45) is 3.74. The predicted molar refractivity (Wildman–Crippen MR) is 42.2 cm³/mol. The Morgan fingerprint density at radius 2 is 2.50 bits per heavy atom. The van der Waals surface area contributed by atoms with Crippen LogP contribution in [0.25, 0.3) is 0 Å². The molecule has 1 aliphatic rings. The van der Waals surface area contributed by atoms with E-state index in [2.05, 4.69) is 16.4 Å². The van der Waals surface area contributed by atoms with Crippen molar-refractivity contribution in [3.05, 3.63) is 11.9 Å². The minimum atomic E-state index is -0.284. The van der Waals surface area contributed by atoms with Gasteiger partial charge in [-0.2, -0.15) is 5.26 Å². The molecule has 0 spiro atoms. The molecule has 1 saturated carbocycles. The Labute approximate surface area is 70.8 Å². The lowest BCUT2D eigenvalue weighted by Gasteiger charge is -1.95. The molecule has 0 radical (unpaired) electrons. The number of aryl methyl sites for hydroxylation is 1. The van der Waals surface area contributed by atoms with Crippen LogP contribution < -0.4 is 0 Å². The van der Waals surface area contributed by atoms with Crippen LogP contribution in [-0.4, -0.2) is 15.0 Å². The molecule has 1 heterocycles. The molecule has 0 unspecified atom stereocenters. The standard InChI is InChI=1S/C8H10N4/c1-2-12-5-7(10-11-12)8(6-9)3-4-8/h5H,2-4H2,1H3. The Hall–Kier alpha value is -1.37. The van der Waals surface area contributed by atoms with Crippen LogP contribution in [0.2, 0.25) is 0 Å². The molecule has 0 atom stereocenters. The van der Waals surface area contributed by atoms with Crippen molar-refractivity contribution in [2.45, 2.75) is 31.7 Å². The van der Waals surface area contributed by atoms with Crippen LogP contribution >= 0.6 is 0 Å². The van der Waals surface area contributed by atoms with Gasteiger partial charge in [0.15, 0.2) is 0 Å². The molecule has 0 aromatic carbocycles. The zero-order chi connectivity index (χ0) is 8.60. The molecule has 1 fully saturated rings. The smallest absolute Gasteiger partial charge is 0.103 e. The first kappa shape index (κ1) is 7.29. The summed E-state index contributed by atoms with van der Waals surface area (Å²) in [5.41, 5.74) is 0.555. The number of aromatic nitrogens is 3. The number of hydrogen-bond acceptors (Lipinski definition) is 3. The van der Waals surface area contributed by atoms with E-state index in [4.69, 9.17) is 5.26 Å². The van der Waals surface area contributed by atoms with Gasteiger partial charge in [0.25, 0.3) is 0 Å². The molecular weight excluding hydrogens is 152 g/mol. The summed E-state index contributed by atoms with van der Waals surface area (Å²) in [7, 11) is 0. The van der Waals surface area contributed by atoms with Crippen LogP contribution in [0, 0.1) is 11.3 Å². The maximum atomic E-state index is 8.86. The molecular formula is C8H10N4. The van der Waals surface area contributed by atoms with Gasteiger partial charge in [0, 0.05) is 6.54 Å². The number of nitrogens with zero attached hydrogens (tertiary/aromatic N) is 4. The van der Waals surface area contributed by atoms with E-state index < -0.39 is 0 Å². The van der Waals surface area contributed by atoms with Crippen molar-refractivity contribution in [2.24, 2.45) is 0 Å². The van der Waals surface area contributed by atoms with Gasteiger partial charge in [-0.05, 0) is 19.8 Å². The lowest BCUT2D eigenvalue weighted by molar-refractivity contribution is 0.626. The Kier molecular flexibility index (Phi) is 1.40. The topological polar surface area (TPSA) is 54.5 Å². The van der Waals surface area contributed by atoms with Crippen molar-refractivity contribution in [3.8, 4) is 6.07 Å². The van der Waals surface area contributed by atoms with E-state index in [0.717, 1.165) is 25.1 Å². The fourth-order valence-electron chi connectivity index (χ4n) is 1.22. The normalized spacial score (nSPS) is 18.7. The first-order valence-electron chi connectivity index (χ1n) is 4.12. The number of nitriles is 1. The molecule has 0 aliphatic heterocycles. The summed E-state index contributed by atoms with van der Waals surface area (Å²) in [4.78, 5) is 0. The van der Waals surface area contributed by atoms with E-state index in [1.807, 2.05) is 13.1 Å². The highest BCUT2D eigenvalue weighted by atomic mass is 15.4. The third-order valence-corrected chi connectivity index (χ3v) is 2.32. The maximum Gasteiger partial charge on any atom is 0.103 e. The van der Waals surface area contributed by atoms with Gasteiger partial charge < -0.3 is 0 Å². The lowest BCUT2D eigenvalue weighted by Crippen LogP contribution is -2.02. The first-order chi connectivity index (χ1) is 5.80. The van der Waals surface area contributed by atoms with Crippen molar-refractivity contribution < 1.29 is 0 Å². The minimum Gasteiger partial charge on any atom is -0.253 e. The average Bonchev–Trinajstić information content (AvgIpc) is 2.77. The van der Waals surface area contributed by atoms with E-state index in [1.165, 1.54) is 0 Å². The highest BCUT2D eigenvalue weighted by Gasteiger charge is 2.47. The van der Waals surface area contributed by atoms with E-state index in [1.54, 1.807) is 4.68 Å². The molecule has 0 N–H and O–H groups in total. The molecule has 1 aromatic heterocycles. The molecule has 4 heteroatoms.